The van der Waals surface area contributed by atoms with Crippen molar-refractivity contribution in [2.24, 2.45) is 0 Å². The fourth-order valence-electron chi connectivity index (χ4n) is 2.00. The van der Waals surface area contributed by atoms with Gasteiger partial charge in [0, 0.05) is 11.6 Å². The van der Waals surface area contributed by atoms with Crippen molar-refractivity contribution in [3.05, 3.63) is 59.7 Å². The first-order chi connectivity index (χ1) is 11.5. The maximum absolute atomic E-state index is 11.9. The van der Waals surface area contributed by atoms with Gasteiger partial charge in [0.25, 0.3) is 11.8 Å². The molecule has 0 heterocycles. The fraction of sp³-hybridized carbons (Fsp3) is 0.111. The van der Waals surface area contributed by atoms with Crippen LogP contribution in [0.4, 0.5) is 0 Å². The number of carbonyl (C=O) groups is 2. The Balaban J connectivity index is 2.10. The van der Waals surface area contributed by atoms with Gasteiger partial charge in [-0.25, -0.2) is 0 Å². The van der Waals surface area contributed by atoms with Crippen molar-refractivity contribution >= 4 is 17.9 Å². The molecule has 0 fully saturated rings. The Bertz CT molecular complexity index is 743. The molecule has 2 amide bonds. The number of benzene rings is 2. The Kier molecular flexibility index (Phi) is 5.57. The average molecular weight is 327 g/mol. The predicted octanol–water partition coefficient (Wildman–Crippen LogP) is 2.38. The minimum Gasteiger partial charge on any atom is -0.502 e. The average Bonchev–Trinajstić information content (AvgIpc) is 2.61. The number of rotatable bonds is 5. The summed E-state index contributed by atoms with van der Waals surface area (Å²) in [6.45, 7) is 0. The van der Waals surface area contributed by atoms with Gasteiger partial charge in [-0.2, -0.15) is 0 Å². The van der Waals surface area contributed by atoms with Gasteiger partial charge >= 0.3 is 0 Å². The van der Waals surface area contributed by atoms with Gasteiger partial charge in [-0.05, 0) is 35.9 Å². The number of phenols is 1. The molecule has 2 aromatic rings. The van der Waals surface area contributed by atoms with Crippen LogP contribution < -0.4 is 14.8 Å². The smallest absolute Gasteiger partial charge is 0.258 e. The third-order valence-electron chi connectivity index (χ3n) is 3.20. The second-order valence-electron chi connectivity index (χ2n) is 4.79. The standard InChI is InChI=1S/C18H17NO5/c1-23-14-10-12(11-15(24-2)17(14)21)8-9-16(20)19-18(22)13-6-4-3-5-7-13/h3-11,21H,1-2H3,(H,19,20,22)/b9-8+. The van der Waals surface area contributed by atoms with Crippen LogP contribution in [0.25, 0.3) is 6.08 Å². The number of hydrogen-bond acceptors (Lipinski definition) is 5. The lowest BCUT2D eigenvalue weighted by molar-refractivity contribution is -0.115. The van der Waals surface area contributed by atoms with Crippen molar-refractivity contribution in [1.82, 2.24) is 5.32 Å². The maximum atomic E-state index is 11.9. The molecule has 0 bridgehead atoms. The summed E-state index contributed by atoms with van der Waals surface area (Å²) < 4.78 is 10.1. The molecule has 24 heavy (non-hydrogen) atoms. The number of methoxy groups -OCH3 is 2. The molecule has 0 atom stereocenters. The summed E-state index contributed by atoms with van der Waals surface area (Å²) in [4.78, 5) is 23.7. The van der Waals surface area contributed by atoms with E-state index in [2.05, 4.69) is 5.32 Å². The van der Waals surface area contributed by atoms with Crippen LogP contribution >= 0.6 is 0 Å². The van der Waals surface area contributed by atoms with E-state index in [1.165, 1.54) is 26.4 Å². The van der Waals surface area contributed by atoms with Crippen molar-refractivity contribution in [1.29, 1.82) is 0 Å². The van der Waals surface area contributed by atoms with Crippen LogP contribution in [-0.4, -0.2) is 31.1 Å². The molecule has 0 radical (unpaired) electrons. The summed E-state index contributed by atoms with van der Waals surface area (Å²) in [7, 11) is 2.82. The van der Waals surface area contributed by atoms with E-state index < -0.39 is 11.8 Å². The molecule has 0 aliphatic rings. The first-order valence-corrected chi connectivity index (χ1v) is 7.08. The van der Waals surface area contributed by atoms with Crippen molar-refractivity contribution in [3.8, 4) is 17.2 Å². The summed E-state index contributed by atoms with van der Waals surface area (Å²) >= 11 is 0. The molecular weight excluding hydrogens is 310 g/mol. The molecule has 6 heteroatoms. The van der Waals surface area contributed by atoms with E-state index in [0.29, 0.717) is 11.1 Å². The molecule has 0 spiro atoms. The monoisotopic (exact) mass is 327 g/mol. The Morgan fingerprint density at radius 1 is 1.04 bits per heavy atom. The van der Waals surface area contributed by atoms with Gasteiger partial charge in [-0.15, -0.1) is 0 Å². The number of ether oxygens (including phenoxy) is 2. The Hall–Kier alpha value is -3.28. The summed E-state index contributed by atoms with van der Waals surface area (Å²) in [5, 5.41) is 12.1. The van der Waals surface area contributed by atoms with Crippen LogP contribution in [0.3, 0.4) is 0 Å². The van der Waals surface area contributed by atoms with Crippen molar-refractivity contribution in [3.63, 3.8) is 0 Å². The fourth-order valence-corrected chi connectivity index (χ4v) is 2.00. The highest BCUT2D eigenvalue weighted by Gasteiger charge is 2.11. The van der Waals surface area contributed by atoms with Crippen LogP contribution in [0.2, 0.25) is 0 Å². The van der Waals surface area contributed by atoms with Gasteiger partial charge in [0.15, 0.2) is 11.5 Å². The number of imide groups is 1. The minimum atomic E-state index is -0.560. The zero-order chi connectivity index (χ0) is 17.5. The van der Waals surface area contributed by atoms with Crippen molar-refractivity contribution in [2.45, 2.75) is 0 Å². The number of aromatic hydroxyl groups is 1. The third kappa shape index (κ3) is 4.13. The Morgan fingerprint density at radius 3 is 2.17 bits per heavy atom. The first kappa shape index (κ1) is 17.1. The van der Waals surface area contributed by atoms with E-state index in [-0.39, 0.29) is 17.2 Å². The van der Waals surface area contributed by atoms with E-state index in [4.69, 9.17) is 9.47 Å². The van der Waals surface area contributed by atoms with Gasteiger partial charge in [0.2, 0.25) is 5.75 Å². The van der Waals surface area contributed by atoms with E-state index in [1.54, 1.807) is 42.5 Å². The van der Waals surface area contributed by atoms with Gasteiger partial charge < -0.3 is 14.6 Å². The number of carbonyl (C=O) groups excluding carboxylic acids is 2. The van der Waals surface area contributed by atoms with Crippen LogP contribution in [0, 0.1) is 0 Å². The lowest BCUT2D eigenvalue weighted by Crippen LogP contribution is -2.28. The molecule has 2 aromatic carbocycles. The number of phenolic OH excluding ortho intramolecular Hbond substituents is 1. The predicted molar refractivity (Wildman–Crippen MR) is 89.2 cm³/mol. The lowest BCUT2D eigenvalue weighted by Gasteiger charge is -2.09. The topological polar surface area (TPSA) is 84.9 Å². The molecule has 0 aromatic heterocycles. The molecule has 0 saturated carbocycles. The number of nitrogens with one attached hydrogen (secondary N) is 1. The quantitative estimate of drug-likeness (QED) is 0.824. The van der Waals surface area contributed by atoms with E-state index in [0.717, 1.165) is 0 Å². The zero-order valence-electron chi connectivity index (χ0n) is 13.3. The molecule has 124 valence electrons. The largest absolute Gasteiger partial charge is 0.502 e. The van der Waals surface area contributed by atoms with Crippen LogP contribution in [0.1, 0.15) is 15.9 Å². The van der Waals surface area contributed by atoms with Crippen molar-refractivity contribution in [2.75, 3.05) is 14.2 Å². The first-order valence-electron chi connectivity index (χ1n) is 7.08. The number of amides is 2. The van der Waals surface area contributed by atoms with E-state index in [9.17, 15) is 14.7 Å². The van der Waals surface area contributed by atoms with Gasteiger partial charge in [-0.1, -0.05) is 18.2 Å². The van der Waals surface area contributed by atoms with Crippen LogP contribution in [0.5, 0.6) is 17.2 Å². The van der Waals surface area contributed by atoms with Crippen molar-refractivity contribution < 1.29 is 24.2 Å². The van der Waals surface area contributed by atoms with Gasteiger partial charge in [0.05, 0.1) is 14.2 Å². The number of hydrogen-bond donors (Lipinski definition) is 2. The van der Waals surface area contributed by atoms with Crippen LogP contribution in [-0.2, 0) is 4.79 Å². The van der Waals surface area contributed by atoms with Crippen LogP contribution in [0.15, 0.2) is 48.5 Å². The van der Waals surface area contributed by atoms with E-state index >= 15 is 0 Å². The van der Waals surface area contributed by atoms with E-state index in [1.807, 2.05) is 0 Å². The minimum absolute atomic E-state index is 0.124. The summed E-state index contributed by atoms with van der Waals surface area (Å²) in [6, 6.07) is 11.5. The second-order valence-corrected chi connectivity index (χ2v) is 4.79. The molecule has 2 rings (SSSR count). The molecule has 0 aliphatic heterocycles. The Labute approximate surface area is 139 Å². The molecular formula is C18H17NO5. The molecule has 2 N–H and O–H groups in total. The normalized spacial score (nSPS) is 10.4. The third-order valence-corrected chi connectivity index (χ3v) is 3.20. The summed E-state index contributed by atoms with van der Waals surface area (Å²) in [5.74, 6) is -0.730. The van der Waals surface area contributed by atoms with Gasteiger partial charge in [-0.3, -0.25) is 14.9 Å². The van der Waals surface area contributed by atoms with Gasteiger partial charge in [0.1, 0.15) is 0 Å². The molecule has 0 aliphatic carbocycles. The highest BCUT2D eigenvalue weighted by Crippen LogP contribution is 2.37. The highest BCUT2D eigenvalue weighted by atomic mass is 16.5. The Morgan fingerprint density at radius 2 is 1.62 bits per heavy atom. The second kappa shape index (κ2) is 7.82. The molecule has 0 saturated heterocycles. The maximum Gasteiger partial charge on any atom is 0.258 e. The highest BCUT2D eigenvalue weighted by molar-refractivity contribution is 6.09. The lowest BCUT2D eigenvalue weighted by atomic mass is 10.1. The molecule has 0 unspecified atom stereocenters. The SMILES string of the molecule is COc1cc(/C=C/C(=O)NC(=O)c2ccccc2)cc(OC)c1O. The zero-order valence-corrected chi connectivity index (χ0v) is 13.3. The summed E-state index contributed by atoms with van der Waals surface area (Å²) in [6.07, 6.45) is 2.70. The molecule has 6 nitrogen and oxygen atoms in total. The summed E-state index contributed by atoms with van der Waals surface area (Å²) in [5.41, 5.74) is 0.969.